The summed E-state index contributed by atoms with van der Waals surface area (Å²) in [5, 5.41) is 3.59. The van der Waals surface area contributed by atoms with Crippen molar-refractivity contribution in [1.29, 1.82) is 0 Å². The molecule has 108 valence electrons. The van der Waals surface area contributed by atoms with Gasteiger partial charge >= 0.3 is 0 Å². The molecule has 3 nitrogen and oxygen atoms in total. The average molecular weight is 257 g/mol. The molecule has 1 fully saturated rings. The molecule has 0 aromatic rings. The highest BCUT2D eigenvalue weighted by Crippen LogP contribution is 2.43. The highest BCUT2D eigenvalue weighted by Gasteiger charge is 2.36. The van der Waals surface area contributed by atoms with E-state index in [2.05, 4.69) is 12.2 Å². The van der Waals surface area contributed by atoms with Gasteiger partial charge in [-0.25, -0.2) is 0 Å². The van der Waals surface area contributed by atoms with E-state index >= 15 is 0 Å². The minimum Gasteiger partial charge on any atom is -0.385 e. The normalized spacial score (nSPS) is 20.8. The Kier molecular flexibility index (Phi) is 7.87. The second-order valence-electron chi connectivity index (χ2n) is 5.78. The van der Waals surface area contributed by atoms with E-state index in [9.17, 15) is 0 Å². The average Bonchev–Trinajstić information content (AvgIpc) is 2.42. The van der Waals surface area contributed by atoms with Crippen LogP contribution in [0.3, 0.4) is 0 Å². The Morgan fingerprint density at radius 2 is 1.72 bits per heavy atom. The second kappa shape index (κ2) is 8.89. The fourth-order valence-corrected chi connectivity index (χ4v) is 3.21. The fraction of sp³-hybridized carbons (Fsp3) is 1.00. The van der Waals surface area contributed by atoms with Crippen LogP contribution in [0.4, 0.5) is 0 Å². The summed E-state index contributed by atoms with van der Waals surface area (Å²) in [6.07, 6.45) is 8.13. The zero-order chi connectivity index (χ0) is 13.3. The van der Waals surface area contributed by atoms with E-state index in [1.54, 1.807) is 14.2 Å². The minimum absolute atomic E-state index is 0.491. The first kappa shape index (κ1) is 15.9. The Hall–Kier alpha value is -0.120. The first-order valence-electron chi connectivity index (χ1n) is 7.44. The monoisotopic (exact) mass is 257 g/mol. The second-order valence-corrected chi connectivity index (χ2v) is 5.78. The minimum atomic E-state index is 0.491. The van der Waals surface area contributed by atoms with Gasteiger partial charge in [-0.15, -0.1) is 0 Å². The molecule has 3 heteroatoms. The third kappa shape index (κ3) is 4.87. The number of nitrogens with one attached hydrogen (secondary N) is 1. The molecular formula is C15H31NO2. The number of hydrogen-bond acceptors (Lipinski definition) is 3. The van der Waals surface area contributed by atoms with Crippen molar-refractivity contribution < 1.29 is 9.47 Å². The van der Waals surface area contributed by atoms with Crippen LogP contribution < -0.4 is 5.32 Å². The summed E-state index contributed by atoms with van der Waals surface area (Å²) in [6, 6.07) is 0. The molecule has 0 heterocycles. The molecule has 0 aromatic heterocycles. The molecule has 0 aromatic carbocycles. The standard InChI is InChI=1S/C15H31NO2/c1-14(7-11-17-2)15(8-5-4-6-9-15)13-16-10-12-18-3/h14,16H,4-13H2,1-3H3. The molecule has 0 radical (unpaired) electrons. The van der Waals surface area contributed by atoms with Gasteiger partial charge in [-0.3, -0.25) is 0 Å². The van der Waals surface area contributed by atoms with E-state index in [0.29, 0.717) is 5.41 Å². The maximum absolute atomic E-state index is 5.25. The summed E-state index contributed by atoms with van der Waals surface area (Å²) < 4.78 is 10.4. The maximum atomic E-state index is 5.25. The molecule has 1 aliphatic rings. The zero-order valence-corrected chi connectivity index (χ0v) is 12.5. The summed E-state index contributed by atoms with van der Waals surface area (Å²) in [5.74, 6) is 0.743. The Morgan fingerprint density at radius 1 is 1.06 bits per heavy atom. The van der Waals surface area contributed by atoms with Crippen molar-refractivity contribution in [3.63, 3.8) is 0 Å². The fourth-order valence-electron chi connectivity index (χ4n) is 3.21. The van der Waals surface area contributed by atoms with E-state index in [-0.39, 0.29) is 0 Å². The van der Waals surface area contributed by atoms with Crippen LogP contribution in [0, 0.1) is 11.3 Å². The lowest BCUT2D eigenvalue weighted by Gasteiger charge is -2.43. The van der Waals surface area contributed by atoms with E-state index in [1.807, 2.05) is 0 Å². The summed E-state index contributed by atoms with van der Waals surface area (Å²) in [5.41, 5.74) is 0.491. The molecule has 0 amide bonds. The molecule has 1 saturated carbocycles. The molecule has 0 spiro atoms. The molecule has 1 atom stereocenters. The Balaban J connectivity index is 2.45. The van der Waals surface area contributed by atoms with Crippen LogP contribution >= 0.6 is 0 Å². The van der Waals surface area contributed by atoms with E-state index in [0.717, 1.165) is 32.2 Å². The van der Waals surface area contributed by atoms with Crippen LogP contribution in [0.15, 0.2) is 0 Å². The molecular weight excluding hydrogens is 226 g/mol. The van der Waals surface area contributed by atoms with Crippen molar-refractivity contribution in [2.75, 3.05) is 40.5 Å². The van der Waals surface area contributed by atoms with Crippen molar-refractivity contribution >= 4 is 0 Å². The van der Waals surface area contributed by atoms with Crippen molar-refractivity contribution in [3.8, 4) is 0 Å². The van der Waals surface area contributed by atoms with E-state index in [1.165, 1.54) is 38.5 Å². The van der Waals surface area contributed by atoms with Gasteiger partial charge in [0.25, 0.3) is 0 Å². The first-order valence-corrected chi connectivity index (χ1v) is 7.44. The molecule has 18 heavy (non-hydrogen) atoms. The van der Waals surface area contributed by atoms with Gasteiger partial charge in [-0.05, 0) is 30.6 Å². The molecule has 1 aliphatic carbocycles. The lowest BCUT2D eigenvalue weighted by atomic mass is 9.65. The summed E-state index contributed by atoms with van der Waals surface area (Å²) in [6.45, 7) is 6.21. The smallest absolute Gasteiger partial charge is 0.0587 e. The number of ether oxygens (including phenoxy) is 2. The Morgan fingerprint density at radius 3 is 2.33 bits per heavy atom. The van der Waals surface area contributed by atoms with Gasteiger partial charge < -0.3 is 14.8 Å². The summed E-state index contributed by atoms with van der Waals surface area (Å²) in [4.78, 5) is 0. The SMILES string of the molecule is COCCNCC1(C(C)CCOC)CCCCC1. The summed E-state index contributed by atoms with van der Waals surface area (Å²) in [7, 11) is 3.57. The van der Waals surface area contributed by atoms with Crippen LogP contribution in [0.25, 0.3) is 0 Å². The summed E-state index contributed by atoms with van der Waals surface area (Å²) >= 11 is 0. The van der Waals surface area contributed by atoms with Gasteiger partial charge in [0, 0.05) is 33.9 Å². The van der Waals surface area contributed by atoms with Gasteiger partial charge in [0.05, 0.1) is 6.61 Å². The van der Waals surface area contributed by atoms with E-state index in [4.69, 9.17) is 9.47 Å². The van der Waals surface area contributed by atoms with Gasteiger partial charge in [0.1, 0.15) is 0 Å². The molecule has 0 saturated heterocycles. The molecule has 1 N–H and O–H groups in total. The Bertz CT molecular complexity index is 203. The van der Waals surface area contributed by atoms with Crippen LogP contribution in [0.1, 0.15) is 45.4 Å². The Labute approximate surface area is 113 Å². The number of rotatable bonds is 9. The van der Waals surface area contributed by atoms with Crippen molar-refractivity contribution in [2.24, 2.45) is 11.3 Å². The lowest BCUT2D eigenvalue weighted by molar-refractivity contribution is 0.0717. The number of hydrogen-bond donors (Lipinski definition) is 1. The van der Waals surface area contributed by atoms with E-state index < -0.39 is 0 Å². The molecule has 1 unspecified atom stereocenters. The van der Waals surface area contributed by atoms with Crippen molar-refractivity contribution in [1.82, 2.24) is 5.32 Å². The van der Waals surface area contributed by atoms with Gasteiger partial charge in [0.15, 0.2) is 0 Å². The van der Waals surface area contributed by atoms with Gasteiger partial charge in [-0.2, -0.15) is 0 Å². The quantitative estimate of drug-likeness (QED) is 0.644. The predicted molar refractivity (Wildman–Crippen MR) is 75.9 cm³/mol. The topological polar surface area (TPSA) is 30.5 Å². The largest absolute Gasteiger partial charge is 0.385 e. The zero-order valence-electron chi connectivity index (χ0n) is 12.5. The van der Waals surface area contributed by atoms with Crippen LogP contribution in [-0.4, -0.2) is 40.5 Å². The third-order valence-corrected chi connectivity index (χ3v) is 4.61. The molecule has 1 rings (SSSR count). The van der Waals surface area contributed by atoms with Crippen molar-refractivity contribution in [2.45, 2.75) is 45.4 Å². The number of methoxy groups -OCH3 is 2. The predicted octanol–water partition coefficient (Wildman–Crippen LogP) is 2.85. The third-order valence-electron chi connectivity index (χ3n) is 4.61. The first-order chi connectivity index (χ1) is 8.75. The highest BCUT2D eigenvalue weighted by molar-refractivity contribution is 4.89. The molecule has 0 bridgehead atoms. The van der Waals surface area contributed by atoms with Gasteiger partial charge in [0.2, 0.25) is 0 Å². The van der Waals surface area contributed by atoms with Gasteiger partial charge in [-0.1, -0.05) is 26.2 Å². The van der Waals surface area contributed by atoms with Crippen LogP contribution in [-0.2, 0) is 9.47 Å². The van der Waals surface area contributed by atoms with Crippen molar-refractivity contribution in [3.05, 3.63) is 0 Å². The lowest BCUT2D eigenvalue weighted by Crippen LogP contribution is -2.42. The molecule has 0 aliphatic heterocycles. The van der Waals surface area contributed by atoms with Crippen LogP contribution in [0.5, 0.6) is 0 Å². The highest BCUT2D eigenvalue weighted by atomic mass is 16.5. The van der Waals surface area contributed by atoms with Crippen LogP contribution in [0.2, 0.25) is 0 Å². The maximum Gasteiger partial charge on any atom is 0.0587 e.